The zero-order chi connectivity index (χ0) is 15.5. The van der Waals surface area contributed by atoms with Crippen LogP contribution in [-0.2, 0) is 4.79 Å². The van der Waals surface area contributed by atoms with E-state index in [0.29, 0.717) is 0 Å². The molecular weight excluding hydrogens is 360 g/mol. The maximum absolute atomic E-state index is 11.0. The summed E-state index contributed by atoms with van der Waals surface area (Å²) in [7, 11) is 0. The van der Waals surface area contributed by atoms with Crippen LogP contribution >= 0.6 is 27.3 Å². The van der Waals surface area contributed by atoms with Crippen molar-refractivity contribution in [2.75, 3.05) is 5.32 Å². The molecule has 0 spiro atoms. The second kappa shape index (κ2) is 6.42. The first-order valence-corrected chi connectivity index (χ1v) is 8.38. The number of hydrogen-bond acceptors (Lipinski definition) is 3. The molecule has 0 saturated carbocycles. The molecule has 1 aromatic heterocycles. The topological polar surface area (TPSA) is 42.0 Å². The molecule has 5 heteroatoms. The minimum absolute atomic E-state index is 0.0704. The van der Waals surface area contributed by atoms with E-state index in [-0.39, 0.29) is 5.91 Å². The number of thiazole rings is 1. The molecule has 0 aliphatic carbocycles. The molecule has 2 aromatic carbocycles. The summed E-state index contributed by atoms with van der Waals surface area (Å²) in [5.74, 6) is -0.0704. The van der Waals surface area contributed by atoms with Crippen LogP contribution in [0.15, 0.2) is 58.4 Å². The number of nitrogens with one attached hydrogen (secondary N) is 1. The fraction of sp³-hybridized carbons (Fsp3) is 0.0588. The van der Waals surface area contributed by atoms with Crippen molar-refractivity contribution < 1.29 is 4.79 Å². The molecule has 0 aliphatic rings. The lowest BCUT2D eigenvalue weighted by Gasteiger charge is -2.02. The molecule has 110 valence electrons. The number of aromatic nitrogens is 1. The number of anilines is 1. The van der Waals surface area contributed by atoms with Crippen LogP contribution in [0.1, 0.15) is 6.92 Å². The number of benzene rings is 2. The third kappa shape index (κ3) is 3.43. The summed E-state index contributed by atoms with van der Waals surface area (Å²) in [6, 6.07) is 15.8. The largest absolute Gasteiger partial charge is 0.326 e. The lowest BCUT2D eigenvalue weighted by molar-refractivity contribution is -0.114. The van der Waals surface area contributed by atoms with Gasteiger partial charge in [-0.2, -0.15) is 0 Å². The SMILES string of the molecule is CC(=O)Nc1ccc(-c2csc(-c3ccc(Br)cc3)n2)cc1. The van der Waals surface area contributed by atoms with E-state index in [2.05, 4.69) is 26.2 Å². The molecule has 1 amide bonds. The maximum atomic E-state index is 11.0. The van der Waals surface area contributed by atoms with Gasteiger partial charge in [-0.1, -0.05) is 40.2 Å². The summed E-state index contributed by atoms with van der Waals surface area (Å²) in [5, 5.41) is 5.80. The number of carbonyl (C=O) groups is 1. The lowest BCUT2D eigenvalue weighted by atomic mass is 10.1. The molecule has 3 aromatic rings. The smallest absolute Gasteiger partial charge is 0.221 e. The first-order chi connectivity index (χ1) is 10.6. The van der Waals surface area contributed by atoms with Gasteiger partial charge in [0.25, 0.3) is 0 Å². The van der Waals surface area contributed by atoms with E-state index in [1.165, 1.54) is 6.92 Å². The highest BCUT2D eigenvalue weighted by Crippen LogP contribution is 2.30. The number of rotatable bonds is 3. The Labute approximate surface area is 141 Å². The third-order valence-corrected chi connectivity index (χ3v) is 4.52. The number of halogens is 1. The molecule has 0 radical (unpaired) electrons. The Morgan fingerprint density at radius 3 is 2.32 bits per heavy atom. The fourth-order valence-electron chi connectivity index (χ4n) is 2.06. The van der Waals surface area contributed by atoms with Gasteiger partial charge in [-0.3, -0.25) is 4.79 Å². The van der Waals surface area contributed by atoms with E-state index in [0.717, 1.165) is 32.0 Å². The van der Waals surface area contributed by atoms with Crippen molar-refractivity contribution in [3.05, 3.63) is 58.4 Å². The second-order valence-corrected chi connectivity index (χ2v) is 6.58. The van der Waals surface area contributed by atoms with E-state index in [4.69, 9.17) is 0 Å². The highest BCUT2D eigenvalue weighted by molar-refractivity contribution is 9.10. The Bertz CT molecular complexity index is 794. The summed E-state index contributed by atoms with van der Waals surface area (Å²) >= 11 is 5.06. The minimum atomic E-state index is -0.0704. The first kappa shape index (κ1) is 14.9. The second-order valence-electron chi connectivity index (χ2n) is 4.80. The van der Waals surface area contributed by atoms with Gasteiger partial charge in [0, 0.05) is 33.6 Å². The van der Waals surface area contributed by atoms with Gasteiger partial charge in [-0.05, 0) is 24.3 Å². The normalized spacial score (nSPS) is 10.5. The number of hydrogen-bond donors (Lipinski definition) is 1. The minimum Gasteiger partial charge on any atom is -0.326 e. The number of carbonyl (C=O) groups excluding carboxylic acids is 1. The van der Waals surface area contributed by atoms with Crippen LogP contribution in [0.3, 0.4) is 0 Å². The van der Waals surface area contributed by atoms with Crippen molar-refractivity contribution in [1.82, 2.24) is 4.98 Å². The van der Waals surface area contributed by atoms with Crippen LogP contribution in [0, 0.1) is 0 Å². The van der Waals surface area contributed by atoms with Crippen molar-refractivity contribution >= 4 is 38.9 Å². The quantitative estimate of drug-likeness (QED) is 0.686. The van der Waals surface area contributed by atoms with Gasteiger partial charge in [0.05, 0.1) is 5.69 Å². The molecular formula is C17H13BrN2OS. The molecule has 1 N–H and O–H groups in total. The molecule has 1 heterocycles. The number of amides is 1. The third-order valence-electron chi connectivity index (χ3n) is 3.10. The molecule has 0 atom stereocenters. The monoisotopic (exact) mass is 372 g/mol. The zero-order valence-corrected chi connectivity index (χ0v) is 14.2. The van der Waals surface area contributed by atoms with Crippen LogP contribution in [0.25, 0.3) is 21.8 Å². The predicted molar refractivity (Wildman–Crippen MR) is 95.0 cm³/mol. The molecule has 0 saturated heterocycles. The molecule has 3 rings (SSSR count). The van der Waals surface area contributed by atoms with Crippen molar-refractivity contribution in [1.29, 1.82) is 0 Å². The summed E-state index contributed by atoms with van der Waals surface area (Å²) in [6.45, 7) is 1.50. The van der Waals surface area contributed by atoms with Crippen molar-refractivity contribution in [2.24, 2.45) is 0 Å². The lowest BCUT2D eigenvalue weighted by Crippen LogP contribution is -2.05. The summed E-state index contributed by atoms with van der Waals surface area (Å²) in [5.41, 5.74) is 3.87. The van der Waals surface area contributed by atoms with E-state index in [1.54, 1.807) is 11.3 Å². The average molecular weight is 373 g/mol. The van der Waals surface area contributed by atoms with Gasteiger partial charge >= 0.3 is 0 Å². The molecule has 0 aliphatic heterocycles. The Kier molecular flexibility index (Phi) is 4.36. The van der Waals surface area contributed by atoms with Crippen molar-refractivity contribution in [3.63, 3.8) is 0 Å². The number of nitrogens with zero attached hydrogens (tertiary/aromatic N) is 1. The van der Waals surface area contributed by atoms with Gasteiger partial charge in [0.15, 0.2) is 0 Å². The van der Waals surface area contributed by atoms with E-state index >= 15 is 0 Å². The van der Waals surface area contributed by atoms with Crippen LogP contribution in [0.4, 0.5) is 5.69 Å². The molecule has 3 nitrogen and oxygen atoms in total. The Balaban J connectivity index is 1.84. The maximum Gasteiger partial charge on any atom is 0.221 e. The molecule has 22 heavy (non-hydrogen) atoms. The van der Waals surface area contributed by atoms with Gasteiger partial charge in [-0.15, -0.1) is 11.3 Å². The highest BCUT2D eigenvalue weighted by Gasteiger charge is 2.07. The molecule has 0 bridgehead atoms. The van der Waals surface area contributed by atoms with E-state index in [9.17, 15) is 4.79 Å². The molecule has 0 fully saturated rings. The zero-order valence-electron chi connectivity index (χ0n) is 11.8. The van der Waals surface area contributed by atoms with Gasteiger partial charge in [0.2, 0.25) is 5.91 Å². The van der Waals surface area contributed by atoms with Crippen molar-refractivity contribution in [3.8, 4) is 21.8 Å². The predicted octanol–water partition coefficient (Wildman–Crippen LogP) is 5.20. The summed E-state index contributed by atoms with van der Waals surface area (Å²) < 4.78 is 1.06. The standard InChI is InChI=1S/C17H13BrN2OS/c1-11(21)19-15-8-4-12(5-9-15)16-10-22-17(20-16)13-2-6-14(18)7-3-13/h2-10H,1H3,(H,19,21). The van der Waals surface area contributed by atoms with Crippen LogP contribution < -0.4 is 5.32 Å². The Hall–Kier alpha value is -1.98. The van der Waals surface area contributed by atoms with E-state index in [1.807, 2.05) is 53.9 Å². The van der Waals surface area contributed by atoms with Crippen LogP contribution in [0.5, 0.6) is 0 Å². The average Bonchev–Trinajstić information content (AvgIpc) is 2.98. The van der Waals surface area contributed by atoms with Gasteiger partial charge in [-0.25, -0.2) is 4.98 Å². The first-order valence-electron chi connectivity index (χ1n) is 6.71. The van der Waals surface area contributed by atoms with Gasteiger partial charge in [0.1, 0.15) is 5.01 Å². The highest BCUT2D eigenvalue weighted by atomic mass is 79.9. The van der Waals surface area contributed by atoms with Crippen molar-refractivity contribution in [2.45, 2.75) is 6.92 Å². The molecule has 0 unspecified atom stereocenters. The fourth-order valence-corrected chi connectivity index (χ4v) is 3.16. The van der Waals surface area contributed by atoms with Gasteiger partial charge < -0.3 is 5.32 Å². The Morgan fingerprint density at radius 2 is 1.68 bits per heavy atom. The summed E-state index contributed by atoms with van der Waals surface area (Å²) in [6.07, 6.45) is 0. The van der Waals surface area contributed by atoms with Crippen LogP contribution in [0.2, 0.25) is 0 Å². The van der Waals surface area contributed by atoms with Crippen LogP contribution in [-0.4, -0.2) is 10.9 Å². The summed E-state index contributed by atoms with van der Waals surface area (Å²) in [4.78, 5) is 15.7. The Morgan fingerprint density at radius 1 is 1.05 bits per heavy atom. The van der Waals surface area contributed by atoms with E-state index < -0.39 is 0 Å².